The molecule has 1 N–H and O–H groups in total. The highest BCUT2D eigenvalue weighted by Crippen LogP contribution is 2.40. The number of amides is 2. The van der Waals surface area contributed by atoms with Crippen molar-refractivity contribution in [3.63, 3.8) is 0 Å². The Morgan fingerprint density at radius 2 is 1.58 bits per heavy atom. The van der Waals surface area contributed by atoms with Crippen LogP contribution in [0.3, 0.4) is 0 Å². The number of imidazole rings is 1. The predicted octanol–water partition coefficient (Wildman–Crippen LogP) is 7.73. The first-order valence-corrected chi connectivity index (χ1v) is 15.3. The van der Waals surface area contributed by atoms with E-state index >= 15 is 4.39 Å². The molecule has 4 aromatic rings. The monoisotopic (exact) mass is 740 g/mol. The number of ether oxygens (including phenoxy) is 2. The number of benzene rings is 3. The molecule has 0 radical (unpaired) electrons. The lowest BCUT2D eigenvalue weighted by atomic mass is 9.94. The first-order valence-electron chi connectivity index (χ1n) is 15.3. The topological polar surface area (TPSA) is 104 Å². The summed E-state index contributed by atoms with van der Waals surface area (Å²) in [6.45, 7) is 4.51. The van der Waals surface area contributed by atoms with Crippen LogP contribution in [0.2, 0.25) is 0 Å². The van der Waals surface area contributed by atoms with Gasteiger partial charge in [0.15, 0.2) is 0 Å². The number of carbonyl (C=O) groups excluding carboxylic acids is 3. The van der Waals surface area contributed by atoms with Gasteiger partial charge in [0.05, 0.1) is 42.8 Å². The number of rotatable bonds is 8. The lowest BCUT2D eigenvalue weighted by Gasteiger charge is -2.21. The number of alkyl halides is 6. The maximum atomic E-state index is 16.4. The van der Waals surface area contributed by atoms with Gasteiger partial charge in [0.2, 0.25) is 5.62 Å². The molecule has 278 valence electrons. The molecule has 0 spiro atoms. The summed E-state index contributed by atoms with van der Waals surface area (Å²) in [5.74, 6) is -5.04. The summed E-state index contributed by atoms with van der Waals surface area (Å²) in [6, 6.07) is 5.58. The standard InChI is InChI=1S/C35H32F8N4O5/c1-33(2,3)52-32(50)45-31-46(4)11-12-47(31)18-19-13-24(23-10-9-22(36)16-26(23)35(41,42)43)29(37)25(14-19)30(49)44-27(17-28(48)51-5)20-7-6-8-21(15-20)34(38,39)40/h6-16,27H,17-18H2,1-5H3,(H,44,49)/b45-31-/t27-/m0/s1. The zero-order chi connectivity index (χ0) is 38.8. The van der Waals surface area contributed by atoms with Crippen LogP contribution in [-0.2, 0) is 40.2 Å². The van der Waals surface area contributed by atoms with Crippen LogP contribution in [-0.4, -0.2) is 39.8 Å². The molecule has 0 aliphatic rings. The lowest BCUT2D eigenvalue weighted by molar-refractivity contribution is -0.141. The maximum absolute atomic E-state index is 16.4. The van der Waals surface area contributed by atoms with Crippen molar-refractivity contribution < 1.29 is 59.0 Å². The third kappa shape index (κ3) is 9.64. The highest BCUT2D eigenvalue weighted by atomic mass is 19.4. The smallest absolute Gasteiger partial charge is 0.437 e. The minimum absolute atomic E-state index is 0.00780. The Labute approximate surface area is 291 Å². The summed E-state index contributed by atoms with van der Waals surface area (Å²) in [7, 11) is 2.52. The second kappa shape index (κ2) is 15.0. The predicted molar refractivity (Wildman–Crippen MR) is 169 cm³/mol. The van der Waals surface area contributed by atoms with E-state index in [4.69, 9.17) is 4.74 Å². The molecule has 0 bridgehead atoms. The molecule has 0 aliphatic heterocycles. The van der Waals surface area contributed by atoms with Gasteiger partial charge in [-0.3, -0.25) is 9.59 Å². The Bertz CT molecular complexity index is 2060. The van der Waals surface area contributed by atoms with Crippen molar-refractivity contribution in [2.45, 2.75) is 57.7 Å². The lowest BCUT2D eigenvalue weighted by Crippen LogP contribution is -2.32. The van der Waals surface area contributed by atoms with Crippen LogP contribution in [0, 0.1) is 11.6 Å². The highest BCUT2D eigenvalue weighted by Gasteiger charge is 2.36. The zero-order valence-electron chi connectivity index (χ0n) is 28.2. The molecule has 2 amide bonds. The Balaban J connectivity index is 1.90. The van der Waals surface area contributed by atoms with E-state index in [9.17, 15) is 45.1 Å². The molecule has 1 atom stereocenters. The van der Waals surface area contributed by atoms with Crippen LogP contribution in [0.25, 0.3) is 11.1 Å². The van der Waals surface area contributed by atoms with E-state index in [1.807, 2.05) is 0 Å². The van der Waals surface area contributed by atoms with Gasteiger partial charge < -0.3 is 23.9 Å². The second-order valence-electron chi connectivity index (χ2n) is 12.6. The van der Waals surface area contributed by atoms with Gasteiger partial charge in [0, 0.05) is 25.0 Å². The minimum Gasteiger partial charge on any atom is -0.469 e. The fourth-order valence-corrected chi connectivity index (χ4v) is 5.14. The molecule has 0 aliphatic carbocycles. The van der Waals surface area contributed by atoms with E-state index in [-0.39, 0.29) is 29.4 Å². The Morgan fingerprint density at radius 1 is 0.885 bits per heavy atom. The van der Waals surface area contributed by atoms with Crippen molar-refractivity contribution >= 4 is 18.0 Å². The molecule has 4 rings (SSSR count). The number of halogens is 8. The Morgan fingerprint density at radius 3 is 2.19 bits per heavy atom. The summed E-state index contributed by atoms with van der Waals surface area (Å²) >= 11 is 0. The molecule has 0 saturated heterocycles. The number of nitrogens with one attached hydrogen (secondary N) is 1. The molecule has 17 heteroatoms. The van der Waals surface area contributed by atoms with E-state index in [1.54, 1.807) is 20.8 Å². The molecule has 0 unspecified atom stereocenters. The van der Waals surface area contributed by atoms with Crippen LogP contribution in [0.15, 0.2) is 72.0 Å². The van der Waals surface area contributed by atoms with Crippen LogP contribution in [0.1, 0.15) is 65.8 Å². The van der Waals surface area contributed by atoms with Crippen LogP contribution < -0.4 is 10.9 Å². The fourth-order valence-electron chi connectivity index (χ4n) is 5.14. The number of hydrogen-bond acceptors (Lipinski definition) is 5. The molecule has 1 aromatic heterocycles. The molecular weight excluding hydrogens is 708 g/mol. The van der Waals surface area contributed by atoms with E-state index in [0.29, 0.717) is 18.2 Å². The van der Waals surface area contributed by atoms with Gasteiger partial charge in [-0.1, -0.05) is 18.2 Å². The van der Waals surface area contributed by atoms with Gasteiger partial charge in [-0.25, -0.2) is 13.6 Å². The number of aryl methyl sites for hydroxylation is 1. The van der Waals surface area contributed by atoms with E-state index < -0.39 is 87.8 Å². The normalized spacial score (nSPS) is 13.1. The van der Waals surface area contributed by atoms with Crippen molar-refractivity contribution in [2.24, 2.45) is 12.0 Å². The molecule has 52 heavy (non-hydrogen) atoms. The van der Waals surface area contributed by atoms with E-state index in [0.717, 1.165) is 31.4 Å². The number of carbonyl (C=O) groups is 3. The number of aromatic nitrogens is 2. The van der Waals surface area contributed by atoms with Gasteiger partial charge >= 0.3 is 24.4 Å². The van der Waals surface area contributed by atoms with Crippen LogP contribution in [0.5, 0.6) is 0 Å². The number of methoxy groups -OCH3 is 1. The fraction of sp³-hybridized carbons (Fsp3) is 0.314. The van der Waals surface area contributed by atoms with E-state index in [1.165, 1.54) is 34.6 Å². The summed E-state index contributed by atoms with van der Waals surface area (Å²) in [6.07, 6.45) is -8.75. The van der Waals surface area contributed by atoms with Gasteiger partial charge in [-0.15, -0.1) is 4.99 Å². The van der Waals surface area contributed by atoms with Crippen LogP contribution >= 0.6 is 0 Å². The first-order chi connectivity index (χ1) is 24.1. The van der Waals surface area contributed by atoms with E-state index in [2.05, 4.69) is 15.0 Å². The Hall–Kier alpha value is -5.48. The van der Waals surface area contributed by atoms with Crippen molar-refractivity contribution in [3.05, 3.63) is 112 Å². The van der Waals surface area contributed by atoms with Gasteiger partial charge in [-0.2, -0.15) is 26.3 Å². The average molecular weight is 741 g/mol. The average Bonchev–Trinajstić information content (AvgIpc) is 3.37. The third-order valence-corrected chi connectivity index (χ3v) is 7.45. The first kappa shape index (κ1) is 39.3. The van der Waals surface area contributed by atoms with Crippen LogP contribution in [0.4, 0.5) is 39.9 Å². The summed E-state index contributed by atoms with van der Waals surface area (Å²) in [4.78, 5) is 42.5. The molecular formula is C35H32F8N4O5. The molecule has 0 fully saturated rings. The van der Waals surface area contributed by atoms with Crippen molar-refractivity contribution in [2.75, 3.05) is 7.11 Å². The number of hydrogen-bond donors (Lipinski definition) is 1. The summed E-state index contributed by atoms with van der Waals surface area (Å²) < 4.78 is 126. The Kier molecular flexibility index (Phi) is 11.3. The van der Waals surface area contributed by atoms with Gasteiger partial charge in [0.25, 0.3) is 5.91 Å². The quantitative estimate of drug-likeness (QED) is 0.147. The largest absolute Gasteiger partial charge is 0.469 e. The van der Waals surface area contributed by atoms with Crippen molar-refractivity contribution in [1.82, 2.24) is 14.5 Å². The third-order valence-electron chi connectivity index (χ3n) is 7.45. The SMILES string of the molecule is COC(=O)C[C@H](NC(=O)c1cc(Cn2ccn(C)/c2=N/C(=O)OC(C)(C)C)cc(-c2ccc(F)cc2C(F)(F)F)c1F)c1cccc(C(F)(F)F)c1. The molecule has 3 aromatic carbocycles. The van der Waals surface area contributed by atoms with Crippen molar-refractivity contribution in [1.29, 1.82) is 0 Å². The van der Waals surface area contributed by atoms with Gasteiger partial charge in [-0.05, 0) is 73.9 Å². The highest BCUT2D eigenvalue weighted by molar-refractivity contribution is 5.97. The second-order valence-corrected chi connectivity index (χ2v) is 12.6. The zero-order valence-corrected chi connectivity index (χ0v) is 28.2. The van der Waals surface area contributed by atoms with Gasteiger partial charge in [0.1, 0.15) is 17.2 Å². The molecule has 9 nitrogen and oxygen atoms in total. The molecule has 0 saturated carbocycles. The number of nitrogens with zero attached hydrogens (tertiary/aromatic N) is 3. The summed E-state index contributed by atoms with van der Waals surface area (Å²) in [5.41, 5.74) is -6.29. The summed E-state index contributed by atoms with van der Waals surface area (Å²) in [5, 5.41) is 2.30. The minimum atomic E-state index is -5.18. The van der Waals surface area contributed by atoms with Crippen molar-refractivity contribution in [3.8, 4) is 11.1 Å². The number of esters is 1. The molecule has 1 heterocycles. The maximum Gasteiger partial charge on any atom is 0.437 e.